The standard InChI is InChI=1S/C17H12ClF2N3O3/c1-26-17(25)11-5-14(13(20)6-12(11)19)21-7-10-4-16(24)23-8-9(18)2-3-15(23)22-10/h2-6,8,21H,7H2,1H3. The predicted molar refractivity (Wildman–Crippen MR) is 91.5 cm³/mol. The molecule has 0 radical (unpaired) electrons. The number of nitrogens with one attached hydrogen (secondary N) is 1. The molecule has 134 valence electrons. The highest BCUT2D eigenvalue weighted by Crippen LogP contribution is 2.21. The molecule has 2 aromatic heterocycles. The Balaban J connectivity index is 1.89. The van der Waals surface area contributed by atoms with E-state index in [0.29, 0.717) is 22.4 Å². The summed E-state index contributed by atoms with van der Waals surface area (Å²) in [6.07, 6.45) is 1.44. The maximum absolute atomic E-state index is 13.9. The fourth-order valence-electron chi connectivity index (χ4n) is 2.35. The normalized spacial score (nSPS) is 10.8. The van der Waals surface area contributed by atoms with E-state index in [4.69, 9.17) is 11.6 Å². The summed E-state index contributed by atoms with van der Waals surface area (Å²) in [6, 6.07) is 6.01. The van der Waals surface area contributed by atoms with Gasteiger partial charge in [-0.25, -0.2) is 18.6 Å². The number of carbonyl (C=O) groups excluding carboxylic acids is 1. The van der Waals surface area contributed by atoms with E-state index in [9.17, 15) is 18.4 Å². The van der Waals surface area contributed by atoms with Crippen molar-refractivity contribution >= 4 is 28.9 Å². The average Bonchev–Trinajstić information content (AvgIpc) is 2.61. The van der Waals surface area contributed by atoms with Crippen LogP contribution in [0.1, 0.15) is 16.1 Å². The summed E-state index contributed by atoms with van der Waals surface area (Å²) in [5.74, 6) is -2.84. The molecule has 2 heterocycles. The number of halogens is 3. The lowest BCUT2D eigenvalue weighted by atomic mass is 10.1. The number of pyridine rings is 1. The number of hydrogen-bond acceptors (Lipinski definition) is 5. The van der Waals surface area contributed by atoms with Gasteiger partial charge in [0, 0.05) is 18.3 Å². The molecule has 0 aliphatic heterocycles. The monoisotopic (exact) mass is 379 g/mol. The third-order valence-corrected chi connectivity index (χ3v) is 3.82. The van der Waals surface area contributed by atoms with Gasteiger partial charge in [0.1, 0.15) is 17.3 Å². The van der Waals surface area contributed by atoms with E-state index in [2.05, 4.69) is 15.0 Å². The Morgan fingerprint density at radius 1 is 1.27 bits per heavy atom. The lowest BCUT2D eigenvalue weighted by Crippen LogP contribution is -2.17. The highest BCUT2D eigenvalue weighted by atomic mass is 35.5. The third kappa shape index (κ3) is 3.50. The average molecular weight is 380 g/mol. The molecule has 0 spiro atoms. The maximum Gasteiger partial charge on any atom is 0.340 e. The van der Waals surface area contributed by atoms with Crippen LogP contribution in [0.3, 0.4) is 0 Å². The first kappa shape index (κ1) is 17.8. The van der Waals surface area contributed by atoms with Crippen LogP contribution >= 0.6 is 11.6 Å². The number of aromatic nitrogens is 2. The topological polar surface area (TPSA) is 72.7 Å². The van der Waals surface area contributed by atoms with E-state index in [1.807, 2.05) is 0 Å². The summed E-state index contributed by atoms with van der Waals surface area (Å²) < 4.78 is 33.3. The van der Waals surface area contributed by atoms with Crippen molar-refractivity contribution in [2.24, 2.45) is 0 Å². The van der Waals surface area contributed by atoms with Crippen molar-refractivity contribution in [1.29, 1.82) is 0 Å². The van der Waals surface area contributed by atoms with Crippen LogP contribution in [0.4, 0.5) is 14.5 Å². The highest BCUT2D eigenvalue weighted by molar-refractivity contribution is 6.30. The second kappa shape index (κ2) is 7.09. The zero-order chi connectivity index (χ0) is 18.8. The molecule has 0 saturated heterocycles. The summed E-state index contributed by atoms with van der Waals surface area (Å²) in [5, 5.41) is 3.08. The van der Waals surface area contributed by atoms with E-state index in [0.717, 1.165) is 13.2 Å². The molecule has 0 unspecified atom stereocenters. The number of ether oxygens (including phenoxy) is 1. The minimum atomic E-state index is -1.03. The maximum atomic E-state index is 13.9. The second-order valence-corrected chi connectivity index (χ2v) is 5.75. The minimum absolute atomic E-state index is 0.0163. The molecule has 9 heteroatoms. The van der Waals surface area contributed by atoms with Crippen molar-refractivity contribution < 1.29 is 18.3 Å². The Hall–Kier alpha value is -3.00. The quantitative estimate of drug-likeness (QED) is 0.705. The molecule has 0 amide bonds. The van der Waals surface area contributed by atoms with Gasteiger partial charge in [0.05, 0.1) is 35.6 Å². The number of anilines is 1. The van der Waals surface area contributed by atoms with Crippen molar-refractivity contribution in [3.05, 3.63) is 74.8 Å². The molecule has 0 bridgehead atoms. The van der Waals surface area contributed by atoms with Crippen molar-refractivity contribution in [3.8, 4) is 0 Å². The summed E-state index contributed by atoms with van der Waals surface area (Å²) in [5.41, 5.74) is -0.180. The van der Waals surface area contributed by atoms with Crippen molar-refractivity contribution in [2.45, 2.75) is 6.54 Å². The fraction of sp³-hybridized carbons (Fsp3) is 0.118. The van der Waals surface area contributed by atoms with Gasteiger partial charge in [0.15, 0.2) is 0 Å². The molecule has 3 aromatic rings. The van der Waals surface area contributed by atoms with Crippen LogP contribution in [0, 0.1) is 11.6 Å². The zero-order valence-electron chi connectivity index (χ0n) is 13.4. The third-order valence-electron chi connectivity index (χ3n) is 3.60. The number of methoxy groups -OCH3 is 1. The van der Waals surface area contributed by atoms with Gasteiger partial charge >= 0.3 is 5.97 Å². The molecular formula is C17H12ClF2N3O3. The van der Waals surface area contributed by atoms with Crippen LogP contribution < -0.4 is 10.9 Å². The van der Waals surface area contributed by atoms with Crippen LogP contribution in [0.15, 0.2) is 41.3 Å². The minimum Gasteiger partial charge on any atom is -0.465 e. The molecule has 0 fully saturated rings. The first-order valence-corrected chi connectivity index (χ1v) is 7.76. The zero-order valence-corrected chi connectivity index (χ0v) is 14.2. The molecular weight excluding hydrogens is 368 g/mol. The number of esters is 1. The number of rotatable bonds is 4. The molecule has 0 saturated carbocycles. The Morgan fingerprint density at radius 2 is 2.04 bits per heavy atom. The van der Waals surface area contributed by atoms with E-state index in [1.165, 1.54) is 16.7 Å². The molecule has 0 aliphatic rings. The van der Waals surface area contributed by atoms with Gasteiger partial charge in [-0.05, 0) is 18.2 Å². The highest BCUT2D eigenvalue weighted by Gasteiger charge is 2.16. The number of hydrogen-bond donors (Lipinski definition) is 1. The van der Waals surface area contributed by atoms with Gasteiger partial charge in [0.2, 0.25) is 0 Å². The predicted octanol–water partition coefficient (Wildman–Crippen LogP) is 3.02. The Bertz CT molecular complexity index is 1070. The Kier molecular flexibility index (Phi) is 4.85. The first-order chi connectivity index (χ1) is 12.4. The van der Waals surface area contributed by atoms with Crippen LogP contribution in [0.2, 0.25) is 5.02 Å². The van der Waals surface area contributed by atoms with Crippen LogP contribution in [-0.2, 0) is 11.3 Å². The SMILES string of the molecule is COC(=O)c1cc(NCc2cc(=O)n3cc(Cl)ccc3n2)c(F)cc1F. The van der Waals surface area contributed by atoms with E-state index in [-0.39, 0.29) is 17.8 Å². The summed E-state index contributed by atoms with van der Waals surface area (Å²) in [4.78, 5) is 27.9. The van der Waals surface area contributed by atoms with Gasteiger partial charge in [-0.2, -0.15) is 0 Å². The van der Waals surface area contributed by atoms with Gasteiger partial charge in [-0.3, -0.25) is 9.20 Å². The number of fused-ring (bicyclic) bond motifs is 1. The molecule has 6 nitrogen and oxygen atoms in total. The van der Waals surface area contributed by atoms with Gasteiger partial charge in [-0.15, -0.1) is 0 Å². The second-order valence-electron chi connectivity index (χ2n) is 5.32. The molecule has 1 aromatic carbocycles. The van der Waals surface area contributed by atoms with Crippen LogP contribution in [0.5, 0.6) is 0 Å². The van der Waals surface area contributed by atoms with Crippen molar-refractivity contribution in [1.82, 2.24) is 9.38 Å². The number of nitrogens with zero attached hydrogens (tertiary/aromatic N) is 2. The Labute approximate surface area is 151 Å². The first-order valence-electron chi connectivity index (χ1n) is 7.38. The Morgan fingerprint density at radius 3 is 2.77 bits per heavy atom. The molecule has 0 aliphatic carbocycles. The fourth-order valence-corrected chi connectivity index (χ4v) is 2.51. The number of benzene rings is 1. The van der Waals surface area contributed by atoms with E-state index < -0.39 is 23.2 Å². The molecule has 26 heavy (non-hydrogen) atoms. The summed E-state index contributed by atoms with van der Waals surface area (Å²) in [6.45, 7) is -0.0163. The van der Waals surface area contributed by atoms with E-state index in [1.54, 1.807) is 12.1 Å². The number of carbonyl (C=O) groups is 1. The summed E-state index contributed by atoms with van der Waals surface area (Å²) in [7, 11) is 1.09. The van der Waals surface area contributed by atoms with Crippen molar-refractivity contribution in [3.63, 3.8) is 0 Å². The van der Waals surface area contributed by atoms with E-state index >= 15 is 0 Å². The van der Waals surface area contributed by atoms with Crippen LogP contribution in [-0.4, -0.2) is 22.5 Å². The largest absolute Gasteiger partial charge is 0.465 e. The van der Waals surface area contributed by atoms with Gasteiger partial charge in [0.25, 0.3) is 5.56 Å². The van der Waals surface area contributed by atoms with Gasteiger partial charge < -0.3 is 10.1 Å². The lowest BCUT2D eigenvalue weighted by molar-refractivity contribution is 0.0595. The summed E-state index contributed by atoms with van der Waals surface area (Å²) >= 11 is 5.84. The molecule has 1 N–H and O–H groups in total. The van der Waals surface area contributed by atoms with Crippen LogP contribution in [0.25, 0.3) is 5.65 Å². The molecule has 3 rings (SSSR count). The smallest absolute Gasteiger partial charge is 0.340 e. The lowest BCUT2D eigenvalue weighted by Gasteiger charge is -2.10. The molecule has 0 atom stereocenters. The van der Waals surface area contributed by atoms with Gasteiger partial charge in [-0.1, -0.05) is 11.6 Å². The van der Waals surface area contributed by atoms with Crippen molar-refractivity contribution in [2.75, 3.05) is 12.4 Å².